The van der Waals surface area contributed by atoms with Gasteiger partial charge in [-0.05, 0) is 18.1 Å². The van der Waals surface area contributed by atoms with E-state index in [-0.39, 0.29) is 5.91 Å². The number of carbonyl (C=O) groups excluding carboxylic acids is 1. The Bertz CT molecular complexity index is 856. The van der Waals surface area contributed by atoms with E-state index in [1.54, 1.807) is 11.0 Å². The van der Waals surface area contributed by atoms with Crippen LogP contribution in [-0.4, -0.2) is 22.6 Å². The van der Waals surface area contributed by atoms with Crippen molar-refractivity contribution in [3.63, 3.8) is 0 Å². The van der Waals surface area contributed by atoms with E-state index >= 15 is 0 Å². The lowest BCUT2D eigenvalue weighted by Gasteiger charge is -2.16. The van der Waals surface area contributed by atoms with Crippen LogP contribution in [-0.2, 0) is 11.2 Å². The fraction of sp³-hybridized carbons (Fsp3) is 0.150. The summed E-state index contributed by atoms with van der Waals surface area (Å²) < 4.78 is 0. The lowest BCUT2D eigenvalue weighted by Crippen LogP contribution is -2.31. The highest BCUT2D eigenvalue weighted by Crippen LogP contribution is 2.29. The molecule has 3 rings (SSSR count). The third-order valence-electron chi connectivity index (χ3n) is 3.85. The third-order valence-corrected chi connectivity index (χ3v) is 4.85. The van der Waals surface area contributed by atoms with Gasteiger partial charge in [0.25, 0.3) is 0 Å². The molecule has 0 aliphatic rings. The molecule has 0 spiro atoms. The molecule has 25 heavy (non-hydrogen) atoms. The molecular formula is C20H19N3OS. The van der Waals surface area contributed by atoms with Crippen LogP contribution in [0.25, 0.3) is 16.6 Å². The zero-order valence-electron chi connectivity index (χ0n) is 14.1. The van der Waals surface area contributed by atoms with Crippen molar-refractivity contribution in [3.8, 4) is 10.6 Å². The molecule has 0 aliphatic carbocycles. The molecule has 0 fully saturated rings. The van der Waals surface area contributed by atoms with Gasteiger partial charge in [-0.15, -0.1) is 10.2 Å². The van der Waals surface area contributed by atoms with Gasteiger partial charge >= 0.3 is 0 Å². The predicted octanol–water partition coefficient (Wildman–Crippen LogP) is 4.44. The Morgan fingerprint density at radius 1 is 1.12 bits per heavy atom. The number of hydrogen-bond acceptors (Lipinski definition) is 4. The Kier molecular flexibility index (Phi) is 5.36. The quantitative estimate of drug-likeness (QED) is 0.661. The lowest BCUT2D eigenvalue weighted by molar-refractivity contribution is -0.117. The Morgan fingerprint density at radius 2 is 1.84 bits per heavy atom. The molecule has 0 atom stereocenters. The fourth-order valence-electron chi connectivity index (χ4n) is 2.49. The van der Waals surface area contributed by atoms with Crippen molar-refractivity contribution in [1.29, 1.82) is 0 Å². The van der Waals surface area contributed by atoms with Gasteiger partial charge in [-0.1, -0.05) is 78.6 Å². The molecule has 3 aromatic rings. The van der Waals surface area contributed by atoms with Crippen LogP contribution >= 0.6 is 11.3 Å². The van der Waals surface area contributed by atoms with Crippen LogP contribution in [0.3, 0.4) is 0 Å². The molecular weight excluding hydrogens is 330 g/mol. The first-order chi connectivity index (χ1) is 12.2. The SMILES string of the molecule is C=Cc1ccc(-c2nnc(N(CC)C(=O)Cc3ccccc3)s2)cc1. The van der Waals surface area contributed by atoms with Crippen molar-refractivity contribution >= 4 is 28.5 Å². The Hall–Kier alpha value is -2.79. The predicted molar refractivity (Wildman–Crippen MR) is 104 cm³/mol. The van der Waals surface area contributed by atoms with Gasteiger partial charge in [0.05, 0.1) is 6.42 Å². The van der Waals surface area contributed by atoms with E-state index in [1.165, 1.54) is 11.3 Å². The van der Waals surface area contributed by atoms with Crippen LogP contribution in [0, 0.1) is 0 Å². The Balaban J connectivity index is 1.78. The van der Waals surface area contributed by atoms with Crippen molar-refractivity contribution in [2.24, 2.45) is 0 Å². The first-order valence-electron chi connectivity index (χ1n) is 8.12. The normalized spacial score (nSPS) is 10.4. The number of hydrogen-bond donors (Lipinski definition) is 0. The number of carbonyl (C=O) groups is 1. The number of amides is 1. The van der Waals surface area contributed by atoms with E-state index in [0.29, 0.717) is 18.1 Å². The van der Waals surface area contributed by atoms with Crippen molar-refractivity contribution in [3.05, 3.63) is 72.3 Å². The molecule has 0 radical (unpaired) electrons. The topological polar surface area (TPSA) is 46.1 Å². The number of rotatable bonds is 6. The van der Waals surface area contributed by atoms with Crippen molar-refractivity contribution < 1.29 is 4.79 Å². The highest BCUT2D eigenvalue weighted by Gasteiger charge is 2.19. The van der Waals surface area contributed by atoms with Crippen molar-refractivity contribution in [2.75, 3.05) is 11.4 Å². The average Bonchev–Trinajstić information content (AvgIpc) is 3.13. The lowest BCUT2D eigenvalue weighted by atomic mass is 10.1. The van der Waals surface area contributed by atoms with Crippen molar-refractivity contribution in [1.82, 2.24) is 10.2 Å². The van der Waals surface area contributed by atoms with E-state index < -0.39 is 0 Å². The van der Waals surface area contributed by atoms with E-state index in [4.69, 9.17) is 0 Å². The number of nitrogens with zero attached hydrogens (tertiary/aromatic N) is 3. The van der Waals surface area contributed by atoms with Gasteiger partial charge in [0, 0.05) is 12.1 Å². The number of aromatic nitrogens is 2. The minimum absolute atomic E-state index is 0.0263. The highest BCUT2D eigenvalue weighted by atomic mass is 32.1. The van der Waals surface area contributed by atoms with Crippen LogP contribution < -0.4 is 4.90 Å². The smallest absolute Gasteiger partial charge is 0.233 e. The number of likely N-dealkylation sites (N-methyl/N-ethyl adjacent to an activating group) is 1. The molecule has 1 heterocycles. The zero-order chi connectivity index (χ0) is 17.6. The number of benzene rings is 2. The maximum Gasteiger partial charge on any atom is 0.233 e. The first-order valence-corrected chi connectivity index (χ1v) is 8.93. The van der Waals surface area contributed by atoms with Gasteiger partial charge in [0.1, 0.15) is 5.01 Å². The van der Waals surface area contributed by atoms with Gasteiger partial charge < -0.3 is 0 Å². The minimum atomic E-state index is 0.0263. The van der Waals surface area contributed by atoms with E-state index in [1.807, 2.05) is 61.5 Å². The fourth-order valence-corrected chi connectivity index (χ4v) is 3.42. The van der Waals surface area contributed by atoms with Gasteiger partial charge in [0.15, 0.2) is 0 Å². The maximum atomic E-state index is 12.6. The first kappa shape index (κ1) is 17.0. The van der Waals surface area contributed by atoms with Gasteiger partial charge in [-0.2, -0.15) is 0 Å². The Morgan fingerprint density at radius 3 is 2.48 bits per heavy atom. The van der Waals surface area contributed by atoms with E-state index in [9.17, 15) is 4.79 Å². The van der Waals surface area contributed by atoms with Gasteiger partial charge in [0.2, 0.25) is 11.0 Å². The highest BCUT2D eigenvalue weighted by molar-refractivity contribution is 7.18. The van der Waals surface area contributed by atoms with Crippen LogP contribution in [0.2, 0.25) is 0 Å². The van der Waals surface area contributed by atoms with Crippen LogP contribution in [0.15, 0.2) is 61.2 Å². The second-order valence-corrected chi connectivity index (χ2v) is 6.47. The molecule has 0 saturated heterocycles. The minimum Gasteiger partial charge on any atom is -0.287 e. The number of anilines is 1. The summed E-state index contributed by atoms with van der Waals surface area (Å²) in [6.45, 7) is 6.27. The molecule has 0 bridgehead atoms. The monoisotopic (exact) mass is 349 g/mol. The summed E-state index contributed by atoms with van der Waals surface area (Å²) in [6, 6.07) is 17.7. The molecule has 1 amide bonds. The maximum absolute atomic E-state index is 12.6. The molecule has 5 heteroatoms. The van der Waals surface area contributed by atoms with E-state index in [2.05, 4.69) is 16.8 Å². The Labute approximate surface area is 151 Å². The summed E-state index contributed by atoms with van der Waals surface area (Å²) in [5.41, 5.74) is 3.04. The summed E-state index contributed by atoms with van der Waals surface area (Å²) in [5.74, 6) is 0.0263. The summed E-state index contributed by atoms with van der Waals surface area (Å²) >= 11 is 1.43. The molecule has 0 N–H and O–H groups in total. The molecule has 4 nitrogen and oxygen atoms in total. The zero-order valence-corrected chi connectivity index (χ0v) is 14.9. The summed E-state index contributed by atoms with van der Waals surface area (Å²) in [4.78, 5) is 14.3. The average molecular weight is 349 g/mol. The molecule has 2 aromatic carbocycles. The van der Waals surface area contributed by atoms with E-state index in [0.717, 1.165) is 21.7 Å². The second-order valence-electron chi connectivity index (χ2n) is 5.52. The molecule has 0 saturated carbocycles. The van der Waals surface area contributed by atoms with Crippen LogP contribution in [0.4, 0.5) is 5.13 Å². The largest absolute Gasteiger partial charge is 0.287 e. The van der Waals surface area contributed by atoms with Crippen LogP contribution in [0.1, 0.15) is 18.1 Å². The summed E-state index contributed by atoms with van der Waals surface area (Å²) in [7, 11) is 0. The second kappa shape index (κ2) is 7.85. The van der Waals surface area contributed by atoms with Gasteiger partial charge in [-0.25, -0.2) is 0 Å². The molecule has 126 valence electrons. The summed E-state index contributed by atoms with van der Waals surface area (Å²) in [5, 5.41) is 9.90. The molecule has 1 aromatic heterocycles. The van der Waals surface area contributed by atoms with Crippen LogP contribution in [0.5, 0.6) is 0 Å². The molecule has 0 unspecified atom stereocenters. The molecule has 0 aliphatic heterocycles. The third kappa shape index (κ3) is 4.00. The summed E-state index contributed by atoms with van der Waals surface area (Å²) in [6.07, 6.45) is 2.16. The standard InChI is InChI=1S/C20H19N3OS/c1-3-15-10-12-17(13-11-15)19-21-22-20(25-19)23(4-2)18(24)14-16-8-6-5-7-9-16/h3,5-13H,1,4,14H2,2H3. The van der Waals surface area contributed by atoms with Gasteiger partial charge in [-0.3, -0.25) is 9.69 Å². The van der Waals surface area contributed by atoms with Crippen molar-refractivity contribution in [2.45, 2.75) is 13.3 Å².